The van der Waals surface area contributed by atoms with Crippen LogP contribution >= 0.6 is 0 Å². The van der Waals surface area contributed by atoms with Crippen LogP contribution in [0.1, 0.15) is 86.8 Å². The molecule has 13 heteroatoms. The van der Waals surface area contributed by atoms with Crippen LogP contribution in [0.4, 0.5) is 9.18 Å². The van der Waals surface area contributed by atoms with Crippen molar-refractivity contribution in [3.8, 4) is 28.4 Å². The molecule has 0 radical (unpaired) electrons. The quantitative estimate of drug-likeness (QED) is 0.0349. The largest absolute Gasteiger partial charge is 0.459 e. The number of unbranched alkanes of at least 4 members (excludes halogenated alkanes) is 2. The summed E-state index contributed by atoms with van der Waals surface area (Å²) in [4.78, 5) is 23.0. The van der Waals surface area contributed by atoms with E-state index < -0.39 is 35.9 Å². The number of benzene rings is 5. The molecular formula is C61H69FN2O10. The van der Waals surface area contributed by atoms with Gasteiger partial charge < -0.3 is 43.5 Å². The SMILES string of the molecule is C=CCO[C@@]12Oc3ccc(Oc4ccc(-c5ccccc5)cc4)cc3[C@H]3[C@H](CCCCO)[C@@H](CCCCO)C=C(C(=NOC4CCCCO4)C[C@@H]1N(Cc1ccc(F)cc1)C(=O)OCCOCc1ccccc1)[C@H]32. The first-order chi connectivity index (χ1) is 36.4. The number of hydrogen-bond donors (Lipinski definition) is 2. The zero-order valence-electron chi connectivity index (χ0n) is 42.1. The molecule has 1 unspecified atom stereocenters. The summed E-state index contributed by atoms with van der Waals surface area (Å²) in [5, 5.41) is 25.2. The van der Waals surface area contributed by atoms with E-state index in [1.165, 1.54) is 12.1 Å². The Bertz CT molecular complexity index is 2640. The van der Waals surface area contributed by atoms with E-state index in [1.807, 2.05) is 84.9 Å². The lowest BCUT2D eigenvalue weighted by atomic mass is 9.55. The molecule has 7 atom stereocenters. The van der Waals surface area contributed by atoms with Crippen LogP contribution in [0.25, 0.3) is 11.1 Å². The van der Waals surface area contributed by atoms with E-state index in [9.17, 15) is 14.6 Å². The highest BCUT2D eigenvalue weighted by Gasteiger charge is 2.66. The minimum Gasteiger partial charge on any atom is -0.459 e. The Kier molecular flexibility index (Phi) is 18.3. The average molecular weight is 1010 g/mol. The first-order valence-electron chi connectivity index (χ1n) is 26.4. The lowest BCUT2D eigenvalue weighted by Gasteiger charge is -2.59. The fraction of sp³-hybridized carbons (Fsp3) is 0.410. The first-order valence-corrected chi connectivity index (χ1v) is 26.4. The average Bonchev–Trinajstić information content (AvgIpc) is 3.44. The van der Waals surface area contributed by atoms with Gasteiger partial charge in [-0.2, -0.15) is 0 Å². The third-order valence-corrected chi connectivity index (χ3v) is 14.7. The van der Waals surface area contributed by atoms with Crippen LogP contribution in [0.5, 0.6) is 17.2 Å². The summed E-state index contributed by atoms with van der Waals surface area (Å²) in [6.07, 6.45) is 9.84. The Morgan fingerprint density at radius 1 is 0.824 bits per heavy atom. The van der Waals surface area contributed by atoms with Crippen LogP contribution in [0.2, 0.25) is 0 Å². The maximum atomic E-state index is 15.1. The van der Waals surface area contributed by atoms with Crippen molar-refractivity contribution in [2.45, 2.75) is 101 Å². The number of oxime groups is 1. The molecule has 2 fully saturated rings. The van der Waals surface area contributed by atoms with Gasteiger partial charge in [0.05, 0.1) is 38.1 Å². The first kappa shape index (κ1) is 52.5. The molecule has 0 spiro atoms. The Morgan fingerprint density at radius 2 is 1.55 bits per heavy atom. The fourth-order valence-electron chi connectivity index (χ4n) is 11.2. The molecule has 5 aromatic rings. The van der Waals surface area contributed by atoms with Gasteiger partial charge in [0.15, 0.2) is 0 Å². The lowest BCUT2D eigenvalue weighted by molar-refractivity contribution is -0.256. The molecule has 74 heavy (non-hydrogen) atoms. The van der Waals surface area contributed by atoms with Crippen molar-refractivity contribution in [3.05, 3.63) is 174 Å². The number of ether oxygens (including phenoxy) is 6. The number of allylic oxidation sites excluding steroid dienone is 1. The van der Waals surface area contributed by atoms with Gasteiger partial charge in [0.1, 0.15) is 35.7 Å². The second-order valence-electron chi connectivity index (χ2n) is 19.6. The number of carbonyl (C=O) groups is 1. The molecule has 5 aromatic carbocycles. The number of aliphatic hydroxyl groups excluding tert-OH is 2. The molecule has 1 saturated carbocycles. The zero-order valence-corrected chi connectivity index (χ0v) is 42.1. The van der Waals surface area contributed by atoms with Crippen LogP contribution in [0.3, 0.4) is 0 Å². The number of amides is 1. The summed E-state index contributed by atoms with van der Waals surface area (Å²) in [5.41, 5.74) is 6.26. The summed E-state index contributed by atoms with van der Waals surface area (Å²) < 4.78 is 54.0. The van der Waals surface area contributed by atoms with Crippen molar-refractivity contribution in [1.29, 1.82) is 0 Å². The molecule has 2 heterocycles. The molecule has 9 rings (SSSR count). The highest BCUT2D eigenvalue weighted by atomic mass is 19.1. The maximum absolute atomic E-state index is 15.1. The molecule has 2 aliphatic heterocycles. The summed E-state index contributed by atoms with van der Waals surface area (Å²) in [7, 11) is 0. The number of carbonyl (C=O) groups excluding carboxylic acids is 1. The molecule has 1 saturated heterocycles. The third-order valence-electron chi connectivity index (χ3n) is 14.7. The van der Waals surface area contributed by atoms with Gasteiger partial charge in [0.2, 0.25) is 12.1 Å². The number of nitrogens with zero attached hydrogens (tertiary/aromatic N) is 2. The Morgan fingerprint density at radius 3 is 2.28 bits per heavy atom. The van der Waals surface area contributed by atoms with Gasteiger partial charge in [-0.3, -0.25) is 4.90 Å². The molecule has 12 nitrogen and oxygen atoms in total. The van der Waals surface area contributed by atoms with E-state index in [-0.39, 0.29) is 63.8 Å². The molecule has 0 aromatic heterocycles. The number of aliphatic hydroxyl groups is 2. The van der Waals surface area contributed by atoms with Gasteiger partial charge in [0, 0.05) is 44.1 Å². The zero-order chi connectivity index (χ0) is 51.1. The lowest BCUT2D eigenvalue weighted by Crippen LogP contribution is -2.70. The molecule has 1 amide bonds. The molecule has 0 bridgehead atoms. The Balaban J connectivity index is 1.17. The molecule has 390 valence electrons. The molecule has 2 aliphatic carbocycles. The highest BCUT2D eigenvalue weighted by Crippen LogP contribution is 2.62. The molecular weight excluding hydrogens is 940 g/mol. The van der Waals surface area contributed by atoms with Gasteiger partial charge >= 0.3 is 6.09 Å². The minimum atomic E-state index is -1.57. The second kappa shape index (κ2) is 25.7. The van der Waals surface area contributed by atoms with Crippen LogP contribution in [0, 0.1) is 23.6 Å². The Labute approximate surface area is 434 Å². The van der Waals surface area contributed by atoms with Crippen LogP contribution in [-0.2, 0) is 36.9 Å². The van der Waals surface area contributed by atoms with E-state index in [0.717, 1.165) is 66.4 Å². The van der Waals surface area contributed by atoms with Crippen LogP contribution in [-0.4, -0.2) is 84.7 Å². The normalized spacial score (nSPS) is 23.4. The number of rotatable bonds is 24. The standard InChI is InChI=1S/C61H69FN2O10/c1-2-34-71-61-56(64(41-43-22-26-48(62)27-23-43)60(67)70-37-36-68-42-44-15-5-3-6-16-44)40-54(63-74-57-21-11-14-35-69-57)52-38-47(19-9-12-32-65)51(20-10-13-33-66)58(59(52)61)53-39-50(30-31-55(53)73-61)72-49-28-24-46(25-29-49)45-17-7-4-8-18-45/h2-8,15-18,22-31,38-39,47,51,56-59,65-66H,1,9-14,19-21,32-37,40-42H2/t47-,51+,56-,57?,58+,59+,61+/m0/s1. The number of halogens is 1. The summed E-state index contributed by atoms with van der Waals surface area (Å²) in [6, 6.07) is 39.1. The van der Waals surface area contributed by atoms with Gasteiger partial charge in [-0.1, -0.05) is 115 Å². The summed E-state index contributed by atoms with van der Waals surface area (Å²) in [5.74, 6) is -1.01. The van der Waals surface area contributed by atoms with Crippen LogP contribution in [0.15, 0.2) is 157 Å². The number of hydrogen-bond acceptors (Lipinski definition) is 11. The summed E-state index contributed by atoms with van der Waals surface area (Å²) in [6.45, 7) is 5.32. The van der Waals surface area contributed by atoms with Crippen molar-refractivity contribution >= 4 is 11.8 Å². The maximum Gasteiger partial charge on any atom is 0.410 e. The Hall–Kier alpha value is -6.35. The van der Waals surface area contributed by atoms with E-state index in [0.29, 0.717) is 61.0 Å². The monoisotopic (exact) mass is 1010 g/mol. The van der Waals surface area contributed by atoms with Gasteiger partial charge in [-0.05, 0) is 121 Å². The van der Waals surface area contributed by atoms with E-state index in [4.69, 9.17) is 38.4 Å². The van der Waals surface area contributed by atoms with Crippen molar-refractivity contribution in [2.24, 2.45) is 22.9 Å². The summed E-state index contributed by atoms with van der Waals surface area (Å²) >= 11 is 0. The van der Waals surface area contributed by atoms with E-state index >= 15 is 4.79 Å². The van der Waals surface area contributed by atoms with Crippen molar-refractivity contribution in [3.63, 3.8) is 0 Å². The molecule has 4 aliphatic rings. The van der Waals surface area contributed by atoms with Crippen molar-refractivity contribution in [1.82, 2.24) is 4.90 Å². The van der Waals surface area contributed by atoms with Gasteiger partial charge in [-0.25, -0.2) is 9.18 Å². The van der Waals surface area contributed by atoms with Crippen molar-refractivity contribution in [2.75, 3.05) is 39.6 Å². The third kappa shape index (κ3) is 12.6. The number of fused-ring (bicyclic) bond motifs is 2. The second-order valence-corrected chi connectivity index (χ2v) is 19.6. The topological polar surface area (TPSA) is 138 Å². The van der Waals surface area contributed by atoms with E-state index in [2.05, 4.69) is 30.9 Å². The van der Waals surface area contributed by atoms with Gasteiger partial charge in [-0.15, -0.1) is 6.58 Å². The predicted molar refractivity (Wildman–Crippen MR) is 281 cm³/mol. The van der Waals surface area contributed by atoms with E-state index in [1.54, 1.807) is 23.1 Å². The minimum absolute atomic E-state index is 0.0125. The fourth-order valence-corrected chi connectivity index (χ4v) is 11.2. The van der Waals surface area contributed by atoms with Crippen LogP contribution < -0.4 is 9.47 Å². The molecule has 2 N–H and O–H groups in total. The van der Waals surface area contributed by atoms with Crippen molar-refractivity contribution < 1.29 is 52.7 Å². The smallest absolute Gasteiger partial charge is 0.410 e. The predicted octanol–water partition coefficient (Wildman–Crippen LogP) is 12.3. The highest BCUT2D eigenvalue weighted by molar-refractivity contribution is 6.03. The van der Waals surface area contributed by atoms with Gasteiger partial charge in [0.25, 0.3) is 0 Å².